The fourth-order valence-corrected chi connectivity index (χ4v) is 6.32. The highest BCUT2D eigenvalue weighted by atomic mass is 35.5. The third-order valence-corrected chi connectivity index (χ3v) is 9.08. The van der Waals surface area contributed by atoms with Crippen LogP contribution in [0.1, 0.15) is 11.1 Å². The quantitative estimate of drug-likeness (QED) is 0.218. The molecule has 1 atom stereocenters. The van der Waals surface area contributed by atoms with Gasteiger partial charge in [-0.1, -0.05) is 65.7 Å². The van der Waals surface area contributed by atoms with Crippen LogP contribution in [0.25, 0.3) is 0 Å². The lowest BCUT2D eigenvalue weighted by Gasteiger charge is -2.33. The average molecular weight is 641 g/mol. The van der Waals surface area contributed by atoms with E-state index in [0.717, 1.165) is 9.87 Å². The summed E-state index contributed by atoms with van der Waals surface area (Å²) in [5.41, 5.74) is 1.75. The number of benzene rings is 4. The zero-order valence-corrected chi connectivity index (χ0v) is 25.9. The van der Waals surface area contributed by atoms with Gasteiger partial charge in [0.25, 0.3) is 10.0 Å². The van der Waals surface area contributed by atoms with E-state index in [0.29, 0.717) is 21.4 Å². The number of hydrogen-bond donors (Lipinski definition) is 1. The molecule has 2 amide bonds. The van der Waals surface area contributed by atoms with Crippen LogP contribution in [0.2, 0.25) is 10.0 Å². The highest BCUT2D eigenvalue weighted by Gasteiger charge is 2.34. The van der Waals surface area contributed by atoms with Crippen LogP contribution in [0.15, 0.2) is 108 Å². The van der Waals surface area contributed by atoms with E-state index in [2.05, 4.69) is 5.32 Å². The first-order chi connectivity index (χ1) is 20.6. The van der Waals surface area contributed by atoms with Crippen molar-refractivity contribution in [3.63, 3.8) is 0 Å². The number of halogens is 2. The van der Waals surface area contributed by atoms with Gasteiger partial charge in [-0.05, 0) is 71.8 Å². The van der Waals surface area contributed by atoms with E-state index >= 15 is 0 Å². The van der Waals surface area contributed by atoms with Gasteiger partial charge in [0.05, 0.1) is 17.7 Å². The molecule has 0 aromatic heterocycles. The van der Waals surface area contributed by atoms with Crippen molar-refractivity contribution >= 4 is 50.7 Å². The summed E-state index contributed by atoms with van der Waals surface area (Å²) < 4.78 is 34.2. The summed E-state index contributed by atoms with van der Waals surface area (Å²) in [6.07, 6.45) is 0.207. The average Bonchev–Trinajstić information content (AvgIpc) is 3.02. The Bertz CT molecular complexity index is 1650. The van der Waals surface area contributed by atoms with Gasteiger partial charge in [-0.25, -0.2) is 8.42 Å². The number of carbonyl (C=O) groups is 2. The van der Waals surface area contributed by atoms with E-state index in [1.165, 1.54) is 55.5 Å². The maximum atomic E-state index is 14.3. The Kier molecular flexibility index (Phi) is 10.7. The minimum atomic E-state index is -4.24. The van der Waals surface area contributed by atoms with E-state index in [9.17, 15) is 18.0 Å². The SMILES string of the molecule is CNC(=O)[C@@H](Cc1ccccc1)N(Cc1cccc(Cl)c1)C(=O)CN(c1ccc(Cl)cc1)S(=O)(=O)c1ccc(OC)cc1. The number of nitrogens with one attached hydrogen (secondary N) is 1. The van der Waals surface area contributed by atoms with Crippen molar-refractivity contribution in [2.75, 3.05) is 25.0 Å². The van der Waals surface area contributed by atoms with Crippen LogP contribution in [0.4, 0.5) is 5.69 Å². The van der Waals surface area contributed by atoms with E-state index in [-0.39, 0.29) is 23.5 Å². The summed E-state index contributed by atoms with van der Waals surface area (Å²) in [5.74, 6) is -0.498. The zero-order chi connectivity index (χ0) is 31.0. The first-order valence-electron chi connectivity index (χ1n) is 13.3. The Balaban J connectivity index is 1.78. The molecule has 4 aromatic rings. The summed E-state index contributed by atoms with van der Waals surface area (Å²) in [7, 11) is -1.27. The topological polar surface area (TPSA) is 96.0 Å². The largest absolute Gasteiger partial charge is 0.497 e. The highest BCUT2D eigenvalue weighted by Crippen LogP contribution is 2.27. The lowest BCUT2D eigenvalue weighted by atomic mass is 10.0. The summed E-state index contributed by atoms with van der Waals surface area (Å²) in [6, 6.07) is 27.3. The predicted molar refractivity (Wildman–Crippen MR) is 169 cm³/mol. The van der Waals surface area contributed by atoms with Crippen molar-refractivity contribution in [1.82, 2.24) is 10.2 Å². The highest BCUT2D eigenvalue weighted by molar-refractivity contribution is 7.92. The Morgan fingerprint density at radius 1 is 0.837 bits per heavy atom. The van der Waals surface area contributed by atoms with E-state index < -0.39 is 34.4 Å². The number of sulfonamides is 1. The van der Waals surface area contributed by atoms with Crippen molar-refractivity contribution in [3.8, 4) is 5.75 Å². The molecule has 0 heterocycles. The van der Waals surface area contributed by atoms with Crippen LogP contribution in [-0.2, 0) is 32.6 Å². The number of rotatable bonds is 12. The molecule has 8 nitrogen and oxygen atoms in total. The van der Waals surface area contributed by atoms with Crippen LogP contribution in [0.3, 0.4) is 0 Å². The monoisotopic (exact) mass is 639 g/mol. The second-order valence-electron chi connectivity index (χ2n) is 9.63. The molecular formula is C32H31Cl2N3O5S. The maximum Gasteiger partial charge on any atom is 0.264 e. The standard InChI is InChI=1S/C32H31Cl2N3O5S/c1-35-32(39)30(20-23-7-4-3-5-8-23)36(21-24-9-6-10-26(34)19-24)31(38)22-37(27-13-11-25(33)12-14-27)43(40,41)29-17-15-28(42-2)16-18-29/h3-19,30H,20-22H2,1-2H3,(H,35,39)/t30-/m1/s1. The van der Waals surface area contributed by atoms with Crippen LogP contribution < -0.4 is 14.4 Å². The van der Waals surface area contributed by atoms with Crippen LogP contribution in [0, 0.1) is 0 Å². The lowest BCUT2D eigenvalue weighted by molar-refractivity contribution is -0.139. The van der Waals surface area contributed by atoms with Gasteiger partial charge in [-0.15, -0.1) is 0 Å². The molecule has 11 heteroatoms. The minimum Gasteiger partial charge on any atom is -0.497 e. The van der Waals surface area contributed by atoms with Gasteiger partial charge >= 0.3 is 0 Å². The van der Waals surface area contributed by atoms with Crippen molar-refractivity contribution in [2.24, 2.45) is 0 Å². The number of nitrogens with zero attached hydrogens (tertiary/aromatic N) is 2. The number of anilines is 1. The molecule has 0 aliphatic heterocycles. The molecule has 224 valence electrons. The summed E-state index contributed by atoms with van der Waals surface area (Å²) in [4.78, 5) is 28.9. The lowest BCUT2D eigenvalue weighted by Crippen LogP contribution is -2.53. The maximum absolute atomic E-state index is 14.3. The fraction of sp³-hybridized carbons (Fsp3) is 0.188. The molecule has 0 aliphatic carbocycles. The number of ether oxygens (including phenoxy) is 1. The zero-order valence-electron chi connectivity index (χ0n) is 23.6. The summed E-state index contributed by atoms with van der Waals surface area (Å²) in [5, 5.41) is 3.53. The molecule has 0 saturated heterocycles. The van der Waals surface area contributed by atoms with Gasteiger partial charge < -0.3 is 15.0 Å². The third kappa shape index (κ3) is 8.07. The smallest absolute Gasteiger partial charge is 0.264 e. The van der Waals surface area contributed by atoms with Gasteiger partial charge in [0, 0.05) is 30.1 Å². The molecule has 0 saturated carbocycles. The van der Waals surface area contributed by atoms with Gasteiger partial charge in [-0.2, -0.15) is 0 Å². The number of carbonyl (C=O) groups excluding carboxylic acids is 2. The molecule has 0 unspecified atom stereocenters. The first-order valence-corrected chi connectivity index (χ1v) is 15.5. The molecule has 0 aliphatic rings. The second kappa shape index (κ2) is 14.4. The van der Waals surface area contributed by atoms with Crippen molar-refractivity contribution in [2.45, 2.75) is 23.9 Å². The molecule has 4 aromatic carbocycles. The third-order valence-electron chi connectivity index (χ3n) is 6.80. The van der Waals surface area contributed by atoms with Gasteiger partial charge in [0.2, 0.25) is 11.8 Å². The Hall–Kier alpha value is -4.05. The summed E-state index contributed by atoms with van der Waals surface area (Å²) in [6.45, 7) is -0.569. The van der Waals surface area contributed by atoms with E-state index in [1.54, 1.807) is 36.4 Å². The van der Waals surface area contributed by atoms with Crippen LogP contribution in [-0.4, -0.2) is 51.9 Å². The number of hydrogen-bond acceptors (Lipinski definition) is 5. The summed E-state index contributed by atoms with van der Waals surface area (Å²) >= 11 is 12.3. The molecule has 43 heavy (non-hydrogen) atoms. The molecular weight excluding hydrogens is 609 g/mol. The van der Waals surface area contributed by atoms with Gasteiger partial charge in [0.15, 0.2) is 0 Å². The van der Waals surface area contributed by atoms with Crippen LogP contribution in [0.5, 0.6) is 5.75 Å². The molecule has 0 spiro atoms. The number of likely N-dealkylation sites (N-methyl/N-ethyl adjacent to an activating group) is 1. The van der Waals surface area contributed by atoms with Gasteiger partial charge in [-0.3, -0.25) is 13.9 Å². The second-order valence-corrected chi connectivity index (χ2v) is 12.4. The molecule has 0 radical (unpaired) electrons. The fourth-order valence-electron chi connectivity index (χ4n) is 4.56. The van der Waals surface area contributed by atoms with E-state index in [4.69, 9.17) is 27.9 Å². The van der Waals surface area contributed by atoms with E-state index in [1.807, 2.05) is 30.3 Å². The van der Waals surface area contributed by atoms with Crippen molar-refractivity contribution in [1.29, 1.82) is 0 Å². The van der Waals surface area contributed by atoms with Crippen LogP contribution >= 0.6 is 23.2 Å². The molecule has 4 rings (SSSR count). The van der Waals surface area contributed by atoms with Crippen molar-refractivity contribution in [3.05, 3.63) is 124 Å². The molecule has 0 fully saturated rings. The Morgan fingerprint density at radius 3 is 2.09 bits per heavy atom. The Labute approximate surface area is 261 Å². The normalized spacial score (nSPS) is 11.8. The minimum absolute atomic E-state index is 0.0152. The number of amides is 2. The van der Waals surface area contributed by atoms with Gasteiger partial charge in [0.1, 0.15) is 18.3 Å². The first kappa shape index (κ1) is 31.9. The van der Waals surface area contributed by atoms with Crippen molar-refractivity contribution < 1.29 is 22.7 Å². The molecule has 1 N–H and O–H groups in total. The number of methoxy groups -OCH3 is 1. The molecule has 0 bridgehead atoms. The Morgan fingerprint density at radius 2 is 1.49 bits per heavy atom. The predicted octanol–water partition coefficient (Wildman–Crippen LogP) is 5.58.